The monoisotopic (exact) mass is 456 g/mol. The lowest BCUT2D eigenvalue weighted by Gasteiger charge is -2.31. The van der Waals surface area contributed by atoms with Crippen molar-refractivity contribution in [1.82, 2.24) is 20.7 Å². The van der Waals surface area contributed by atoms with Crippen LogP contribution in [0.1, 0.15) is 71.1 Å². The van der Waals surface area contributed by atoms with Crippen LogP contribution in [0.3, 0.4) is 0 Å². The van der Waals surface area contributed by atoms with Crippen LogP contribution < -0.4 is 10.9 Å². The van der Waals surface area contributed by atoms with E-state index in [4.69, 9.17) is 0 Å². The molecule has 1 aliphatic heterocycles. The highest BCUT2D eigenvalue weighted by Gasteiger charge is 2.16. The number of carbonyl (C=O) groups excluding carboxylic acids is 1. The van der Waals surface area contributed by atoms with Crippen LogP contribution in [0.2, 0.25) is 0 Å². The van der Waals surface area contributed by atoms with Gasteiger partial charge in [-0.3, -0.25) is 15.1 Å². The van der Waals surface area contributed by atoms with Crippen molar-refractivity contribution in [2.24, 2.45) is 0 Å². The van der Waals surface area contributed by atoms with Crippen molar-refractivity contribution in [3.63, 3.8) is 0 Å². The molecule has 1 aliphatic rings. The quantitative estimate of drug-likeness (QED) is 0.162. The Morgan fingerprint density at radius 1 is 0.788 bits per heavy atom. The van der Waals surface area contributed by atoms with E-state index < -0.39 is 0 Å². The molecule has 0 bridgehead atoms. The Balaban J connectivity index is 1.94. The van der Waals surface area contributed by atoms with Crippen LogP contribution in [0.25, 0.3) is 0 Å². The van der Waals surface area contributed by atoms with Crippen LogP contribution in [-0.4, -0.2) is 55.5 Å². The van der Waals surface area contributed by atoms with Crippen molar-refractivity contribution in [3.05, 3.63) is 60.9 Å². The summed E-state index contributed by atoms with van der Waals surface area (Å²) < 4.78 is 0. The van der Waals surface area contributed by atoms with Gasteiger partial charge in [-0.2, -0.15) is 0 Å². The maximum Gasteiger partial charge on any atom is 0.252 e. The number of likely N-dealkylation sites (N-methyl/N-ethyl adjacent to an activating group) is 1. The molecular formula is C28H48N4O. The van der Waals surface area contributed by atoms with Gasteiger partial charge in [-0.1, -0.05) is 75.0 Å². The van der Waals surface area contributed by atoms with E-state index in [2.05, 4.69) is 89.8 Å². The zero-order chi connectivity index (χ0) is 24.0. The number of amides is 1. The lowest BCUT2D eigenvalue weighted by molar-refractivity contribution is -0.123. The van der Waals surface area contributed by atoms with Gasteiger partial charge < -0.3 is 10.3 Å². The number of hydrazine groups is 1. The molecule has 1 heterocycles. The zero-order valence-electron chi connectivity index (χ0n) is 21.2. The molecule has 1 fully saturated rings. The fourth-order valence-electron chi connectivity index (χ4n) is 3.46. The normalized spacial score (nSPS) is 15.9. The van der Waals surface area contributed by atoms with E-state index in [1.165, 1.54) is 25.7 Å². The van der Waals surface area contributed by atoms with Gasteiger partial charge in [0.1, 0.15) is 0 Å². The van der Waals surface area contributed by atoms with Crippen LogP contribution >= 0.6 is 0 Å². The van der Waals surface area contributed by atoms with Gasteiger partial charge in [-0.25, -0.2) is 0 Å². The second-order valence-corrected chi connectivity index (χ2v) is 8.84. The van der Waals surface area contributed by atoms with Gasteiger partial charge in [0, 0.05) is 31.9 Å². The molecule has 186 valence electrons. The molecule has 0 spiro atoms. The standard InChI is InChI=1S/C28H48N4O/c1-4-5-6-7-8-9-10-11-12-13-14-15-16-17-18-19-20-21-27(2)29-30-28(33)26-32-24-22-31(3)23-25-32/h8-9,11-12,14-15,17-18,29H,2,4-7,10,13,16,19-26H2,1,3H3,(H,30,33)/b9-8-,12-11-,15-14-,18-17-. The molecule has 1 saturated heterocycles. The third kappa shape index (κ3) is 18.0. The summed E-state index contributed by atoms with van der Waals surface area (Å²) in [5.41, 5.74) is 6.58. The summed E-state index contributed by atoms with van der Waals surface area (Å²) in [7, 11) is 2.12. The molecule has 0 unspecified atom stereocenters. The van der Waals surface area contributed by atoms with Crippen molar-refractivity contribution in [2.45, 2.75) is 71.1 Å². The number of rotatable bonds is 18. The molecule has 0 radical (unpaired) electrons. The van der Waals surface area contributed by atoms with Gasteiger partial charge in [-0.15, -0.1) is 0 Å². The van der Waals surface area contributed by atoms with E-state index in [1.54, 1.807) is 0 Å². The Hall–Kier alpha value is -2.11. The van der Waals surface area contributed by atoms with Gasteiger partial charge in [-0.05, 0) is 58.4 Å². The lowest BCUT2D eigenvalue weighted by atomic mass is 10.2. The predicted molar refractivity (Wildman–Crippen MR) is 143 cm³/mol. The summed E-state index contributed by atoms with van der Waals surface area (Å²) in [6.07, 6.45) is 29.0. The first-order chi connectivity index (χ1) is 16.1. The summed E-state index contributed by atoms with van der Waals surface area (Å²) in [4.78, 5) is 16.5. The molecule has 0 aromatic rings. The third-order valence-electron chi connectivity index (χ3n) is 5.65. The van der Waals surface area contributed by atoms with E-state index >= 15 is 0 Å². The Morgan fingerprint density at radius 3 is 1.91 bits per heavy atom. The number of nitrogens with one attached hydrogen (secondary N) is 2. The first kappa shape index (κ1) is 28.9. The lowest BCUT2D eigenvalue weighted by Crippen LogP contribution is -2.49. The number of carbonyl (C=O) groups is 1. The number of piperazine rings is 1. The largest absolute Gasteiger partial charge is 0.304 e. The summed E-state index contributed by atoms with van der Waals surface area (Å²) >= 11 is 0. The third-order valence-corrected chi connectivity index (χ3v) is 5.65. The van der Waals surface area contributed by atoms with Crippen molar-refractivity contribution in [3.8, 4) is 0 Å². The van der Waals surface area contributed by atoms with Gasteiger partial charge in [0.2, 0.25) is 0 Å². The van der Waals surface area contributed by atoms with Crippen LogP contribution in [0.15, 0.2) is 60.9 Å². The number of hydrogen-bond acceptors (Lipinski definition) is 4. The van der Waals surface area contributed by atoms with Crippen molar-refractivity contribution < 1.29 is 4.79 Å². The smallest absolute Gasteiger partial charge is 0.252 e. The minimum atomic E-state index is 0.00102. The van der Waals surface area contributed by atoms with Gasteiger partial charge in [0.15, 0.2) is 0 Å². The minimum absolute atomic E-state index is 0.00102. The second-order valence-electron chi connectivity index (χ2n) is 8.84. The molecule has 5 nitrogen and oxygen atoms in total. The first-order valence-corrected chi connectivity index (χ1v) is 12.8. The fraction of sp³-hybridized carbons (Fsp3) is 0.607. The molecule has 0 aromatic heterocycles. The highest BCUT2D eigenvalue weighted by Crippen LogP contribution is 2.04. The fourth-order valence-corrected chi connectivity index (χ4v) is 3.46. The average Bonchev–Trinajstić information content (AvgIpc) is 2.81. The molecule has 0 aliphatic carbocycles. The highest BCUT2D eigenvalue weighted by atomic mass is 16.2. The maximum atomic E-state index is 12.0. The van der Waals surface area contributed by atoms with Gasteiger partial charge in [0.25, 0.3) is 5.91 Å². The SMILES string of the molecule is C=C(CCC/C=C\C/C=C\C/C=C\C/C=C\CCCCC)NNC(=O)CN1CCN(C)CC1. The highest BCUT2D eigenvalue weighted by molar-refractivity contribution is 5.77. The molecule has 1 amide bonds. The molecule has 0 atom stereocenters. The summed E-state index contributed by atoms with van der Waals surface area (Å²) in [6, 6.07) is 0. The van der Waals surface area contributed by atoms with Gasteiger partial charge >= 0.3 is 0 Å². The molecule has 2 N–H and O–H groups in total. The van der Waals surface area contributed by atoms with E-state index in [0.717, 1.165) is 70.4 Å². The Kier molecular flexibility index (Phi) is 18.0. The van der Waals surface area contributed by atoms with E-state index in [0.29, 0.717) is 6.54 Å². The van der Waals surface area contributed by atoms with E-state index in [-0.39, 0.29) is 5.91 Å². The number of unbranched alkanes of at least 4 members (excludes halogenated alkanes) is 4. The van der Waals surface area contributed by atoms with E-state index in [9.17, 15) is 4.79 Å². The minimum Gasteiger partial charge on any atom is -0.304 e. The average molecular weight is 457 g/mol. The number of nitrogens with zero attached hydrogens (tertiary/aromatic N) is 2. The van der Waals surface area contributed by atoms with Crippen LogP contribution in [0, 0.1) is 0 Å². The summed E-state index contributed by atoms with van der Waals surface area (Å²) in [5.74, 6) is 0.00102. The molecule has 5 heteroatoms. The molecular weight excluding hydrogens is 408 g/mol. The Morgan fingerprint density at radius 2 is 1.33 bits per heavy atom. The van der Waals surface area contributed by atoms with Crippen LogP contribution in [-0.2, 0) is 4.79 Å². The maximum absolute atomic E-state index is 12.0. The molecule has 0 aromatic carbocycles. The van der Waals surface area contributed by atoms with Crippen molar-refractivity contribution in [2.75, 3.05) is 39.8 Å². The summed E-state index contributed by atoms with van der Waals surface area (Å²) in [6.45, 7) is 10.6. The zero-order valence-corrected chi connectivity index (χ0v) is 21.2. The topological polar surface area (TPSA) is 47.6 Å². The number of hydrogen-bond donors (Lipinski definition) is 2. The Bertz CT molecular complexity index is 628. The van der Waals surface area contributed by atoms with Crippen molar-refractivity contribution >= 4 is 5.91 Å². The Labute approximate surface area is 203 Å². The molecule has 1 rings (SSSR count). The number of allylic oxidation sites excluding steroid dienone is 9. The predicted octanol–water partition coefficient (Wildman–Crippen LogP) is 5.51. The van der Waals surface area contributed by atoms with Crippen LogP contribution in [0.4, 0.5) is 0 Å². The molecule has 0 saturated carbocycles. The second kappa shape index (κ2) is 20.5. The van der Waals surface area contributed by atoms with Crippen molar-refractivity contribution in [1.29, 1.82) is 0 Å². The first-order valence-electron chi connectivity index (χ1n) is 12.8. The van der Waals surface area contributed by atoms with Crippen LogP contribution in [0.5, 0.6) is 0 Å². The van der Waals surface area contributed by atoms with Gasteiger partial charge in [0.05, 0.1) is 6.54 Å². The molecule has 33 heavy (non-hydrogen) atoms. The summed E-state index contributed by atoms with van der Waals surface area (Å²) in [5, 5.41) is 0. The van der Waals surface area contributed by atoms with E-state index in [1.807, 2.05) is 0 Å².